The van der Waals surface area contributed by atoms with Crippen molar-refractivity contribution in [2.45, 2.75) is 6.42 Å². The zero-order valence-electron chi connectivity index (χ0n) is 8.39. The van der Waals surface area contributed by atoms with Crippen molar-refractivity contribution in [1.82, 2.24) is 9.97 Å². The Balaban J connectivity index is 2.26. The molecule has 0 aliphatic heterocycles. The van der Waals surface area contributed by atoms with Crippen molar-refractivity contribution in [3.8, 4) is 5.88 Å². The lowest BCUT2D eigenvalue weighted by atomic mass is 10.2. The second-order valence-electron chi connectivity index (χ2n) is 3.19. The maximum absolute atomic E-state index is 5.53. The van der Waals surface area contributed by atoms with Crippen LogP contribution in [0.2, 0.25) is 0 Å². The summed E-state index contributed by atoms with van der Waals surface area (Å²) in [6.45, 7) is 1.22. The fourth-order valence-electron chi connectivity index (χ4n) is 1.35. The van der Waals surface area contributed by atoms with E-state index in [1.54, 1.807) is 0 Å². The largest absolute Gasteiger partial charge is 0.477 e. The van der Waals surface area contributed by atoms with Gasteiger partial charge in [0.05, 0.1) is 17.5 Å². The Hall–Kier alpha value is -1.68. The normalized spacial score (nSPS) is 10.5. The van der Waals surface area contributed by atoms with Crippen LogP contribution in [0.25, 0.3) is 10.9 Å². The first kappa shape index (κ1) is 9.86. The summed E-state index contributed by atoms with van der Waals surface area (Å²) in [5.74, 6) is 0.633. The van der Waals surface area contributed by atoms with Crippen molar-refractivity contribution in [3.05, 3.63) is 30.6 Å². The Kier molecular flexibility index (Phi) is 3.09. The van der Waals surface area contributed by atoms with Crippen LogP contribution in [0.3, 0.4) is 0 Å². The maximum atomic E-state index is 5.53. The van der Waals surface area contributed by atoms with Crippen LogP contribution in [0.5, 0.6) is 5.88 Å². The first-order valence-corrected chi connectivity index (χ1v) is 4.94. The van der Waals surface area contributed by atoms with Crippen molar-refractivity contribution >= 4 is 10.9 Å². The van der Waals surface area contributed by atoms with Gasteiger partial charge in [0.2, 0.25) is 5.88 Å². The maximum Gasteiger partial charge on any atom is 0.224 e. The Morgan fingerprint density at radius 2 is 2.07 bits per heavy atom. The van der Waals surface area contributed by atoms with Gasteiger partial charge < -0.3 is 10.5 Å². The summed E-state index contributed by atoms with van der Waals surface area (Å²) >= 11 is 0. The van der Waals surface area contributed by atoms with Crippen molar-refractivity contribution in [2.24, 2.45) is 5.73 Å². The van der Waals surface area contributed by atoms with Gasteiger partial charge >= 0.3 is 0 Å². The van der Waals surface area contributed by atoms with Crippen LogP contribution < -0.4 is 10.5 Å². The summed E-state index contributed by atoms with van der Waals surface area (Å²) in [7, 11) is 0. The number of para-hydroxylation sites is 1. The summed E-state index contributed by atoms with van der Waals surface area (Å²) in [6.07, 6.45) is 2.35. The number of hydrogen-bond donors (Lipinski definition) is 1. The van der Waals surface area contributed by atoms with Crippen molar-refractivity contribution in [1.29, 1.82) is 0 Å². The van der Waals surface area contributed by atoms with Crippen molar-refractivity contribution < 1.29 is 4.74 Å². The third-order valence-electron chi connectivity index (χ3n) is 2.09. The van der Waals surface area contributed by atoms with E-state index >= 15 is 0 Å². The Labute approximate surface area is 88.1 Å². The monoisotopic (exact) mass is 203 g/mol. The van der Waals surface area contributed by atoms with Crippen LogP contribution >= 0.6 is 0 Å². The van der Waals surface area contributed by atoms with Gasteiger partial charge in [0.1, 0.15) is 6.33 Å². The zero-order chi connectivity index (χ0) is 10.5. The molecule has 0 saturated heterocycles. The number of nitrogens with zero attached hydrogens (tertiary/aromatic N) is 2. The number of aromatic nitrogens is 2. The van der Waals surface area contributed by atoms with E-state index in [0.29, 0.717) is 19.0 Å². The molecular formula is C11H13N3O. The summed E-state index contributed by atoms with van der Waals surface area (Å²) in [5, 5.41) is 0.942. The Bertz CT molecular complexity index is 439. The Morgan fingerprint density at radius 1 is 1.20 bits per heavy atom. The molecule has 0 aliphatic rings. The summed E-state index contributed by atoms with van der Waals surface area (Å²) in [5.41, 5.74) is 6.29. The molecular weight excluding hydrogens is 190 g/mol. The molecule has 78 valence electrons. The smallest absolute Gasteiger partial charge is 0.224 e. The molecule has 1 aromatic heterocycles. The molecule has 1 heterocycles. The van der Waals surface area contributed by atoms with Gasteiger partial charge in [0, 0.05) is 0 Å². The van der Waals surface area contributed by atoms with E-state index in [1.165, 1.54) is 6.33 Å². The fraction of sp³-hybridized carbons (Fsp3) is 0.273. The lowest BCUT2D eigenvalue weighted by molar-refractivity contribution is 0.305. The third kappa shape index (κ3) is 2.22. The number of hydrogen-bond acceptors (Lipinski definition) is 4. The second kappa shape index (κ2) is 4.70. The van der Waals surface area contributed by atoms with Crippen molar-refractivity contribution in [3.63, 3.8) is 0 Å². The molecule has 0 aliphatic carbocycles. The third-order valence-corrected chi connectivity index (χ3v) is 2.09. The molecule has 0 radical (unpaired) electrons. The van der Waals surface area contributed by atoms with Crippen LogP contribution in [-0.2, 0) is 0 Å². The van der Waals surface area contributed by atoms with Gasteiger partial charge in [-0.25, -0.2) is 9.97 Å². The predicted octanol–water partition coefficient (Wildman–Crippen LogP) is 1.36. The molecule has 0 atom stereocenters. The van der Waals surface area contributed by atoms with Crippen molar-refractivity contribution in [2.75, 3.05) is 13.2 Å². The molecule has 2 aromatic rings. The minimum Gasteiger partial charge on any atom is -0.477 e. The molecule has 0 amide bonds. The minimum absolute atomic E-state index is 0.595. The lowest BCUT2D eigenvalue weighted by Crippen LogP contribution is -2.07. The summed E-state index contributed by atoms with van der Waals surface area (Å²) in [6, 6.07) is 7.78. The molecule has 0 fully saturated rings. The first-order valence-electron chi connectivity index (χ1n) is 4.94. The zero-order valence-corrected chi connectivity index (χ0v) is 8.39. The molecule has 0 saturated carbocycles. The van der Waals surface area contributed by atoms with E-state index in [2.05, 4.69) is 9.97 Å². The molecule has 4 nitrogen and oxygen atoms in total. The van der Waals surface area contributed by atoms with Gasteiger partial charge in [-0.3, -0.25) is 0 Å². The first-order chi connectivity index (χ1) is 7.42. The van der Waals surface area contributed by atoms with E-state index in [-0.39, 0.29) is 0 Å². The molecule has 0 bridgehead atoms. The fourth-order valence-corrected chi connectivity index (χ4v) is 1.35. The number of fused-ring (bicyclic) bond motifs is 1. The SMILES string of the molecule is NCCCOc1ncnc2ccccc12. The molecule has 15 heavy (non-hydrogen) atoms. The lowest BCUT2D eigenvalue weighted by Gasteiger charge is -2.06. The van der Waals surface area contributed by atoms with Crippen LogP contribution in [0.1, 0.15) is 6.42 Å². The molecule has 2 rings (SSSR count). The average molecular weight is 203 g/mol. The molecule has 4 heteroatoms. The highest BCUT2D eigenvalue weighted by atomic mass is 16.5. The van der Waals surface area contributed by atoms with E-state index in [4.69, 9.17) is 10.5 Å². The van der Waals surface area contributed by atoms with Gasteiger partial charge in [-0.1, -0.05) is 12.1 Å². The quantitative estimate of drug-likeness (QED) is 0.762. The minimum atomic E-state index is 0.595. The van der Waals surface area contributed by atoms with E-state index < -0.39 is 0 Å². The number of benzene rings is 1. The highest BCUT2D eigenvalue weighted by Gasteiger charge is 2.02. The second-order valence-corrected chi connectivity index (χ2v) is 3.19. The summed E-state index contributed by atoms with van der Waals surface area (Å²) < 4.78 is 5.53. The van der Waals surface area contributed by atoms with E-state index in [9.17, 15) is 0 Å². The van der Waals surface area contributed by atoms with Crippen LogP contribution in [0.4, 0.5) is 0 Å². The highest BCUT2D eigenvalue weighted by Crippen LogP contribution is 2.20. The van der Waals surface area contributed by atoms with Gasteiger partial charge in [0.15, 0.2) is 0 Å². The molecule has 0 unspecified atom stereocenters. The van der Waals surface area contributed by atoms with Crippen LogP contribution in [0.15, 0.2) is 30.6 Å². The highest BCUT2D eigenvalue weighted by molar-refractivity contribution is 5.82. The van der Waals surface area contributed by atoms with Crippen LogP contribution in [0, 0.1) is 0 Å². The van der Waals surface area contributed by atoms with Gasteiger partial charge in [-0.15, -0.1) is 0 Å². The average Bonchev–Trinajstić information content (AvgIpc) is 2.30. The van der Waals surface area contributed by atoms with E-state index in [0.717, 1.165) is 17.3 Å². The number of nitrogens with two attached hydrogens (primary N) is 1. The molecule has 2 N–H and O–H groups in total. The van der Waals surface area contributed by atoms with Gasteiger partial charge in [0.25, 0.3) is 0 Å². The standard InChI is InChI=1S/C11H13N3O/c12-6-3-7-15-11-9-4-1-2-5-10(9)13-8-14-11/h1-2,4-5,8H,3,6-7,12H2. The molecule has 1 aromatic carbocycles. The molecule has 0 spiro atoms. The Morgan fingerprint density at radius 3 is 2.93 bits per heavy atom. The van der Waals surface area contributed by atoms with E-state index in [1.807, 2.05) is 24.3 Å². The van der Waals surface area contributed by atoms with Gasteiger partial charge in [-0.05, 0) is 25.1 Å². The number of ether oxygens (including phenoxy) is 1. The summed E-state index contributed by atoms with van der Waals surface area (Å²) in [4.78, 5) is 8.26. The van der Waals surface area contributed by atoms with Gasteiger partial charge in [-0.2, -0.15) is 0 Å². The topological polar surface area (TPSA) is 61.0 Å². The number of rotatable bonds is 4. The predicted molar refractivity (Wildman–Crippen MR) is 58.7 cm³/mol. The van der Waals surface area contributed by atoms with Crippen LogP contribution in [-0.4, -0.2) is 23.1 Å².